The molecule has 1 aromatic carbocycles. The van der Waals surface area contributed by atoms with E-state index >= 15 is 0 Å². The summed E-state index contributed by atoms with van der Waals surface area (Å²) < 4.78 is 11.3. The zero-order valence-electron chi connectivity index (χ0n) is 10.9. The molecule has 4 nitrogen and oxygen atoms in total. The molecule has 3 rings (SSSR count). The van der Waals surface area contributed by atoms with Gasteiger partial charge < -0.3 is 14.8 Å². The highest BCUT2D eigenvalue weighted by molar-refractivity contribution is 5.55. The predicted molar refractivity (Wildman–Crippen MR) is 72.4 cm³/mol. The van der Waals surface area contributed by atoms with Gasteiger partial charge in [-0.3, -0.25) is 0 Å². The molecule has 0 bridgehead atoms. The average Bonchev–Trinajstić information content (AvgIpc) is 2.62. The van der Waals surface area contributed by atoms with Crippen LogP contribution in [-0.2, 0) is 0 Å². The van der Waals surface area contributed by atoms with Gasteiger partial charge in [-0.25, -0.2) is 0 Å². The van der Waals surface area contributed by atoms with Gasteiger partial charge in [0.1, 0.15) is 0 Å². The fourth-order valence-corrected chi connectivity index (χ4v) is 2.48. The molecule has 4 heteroatoms. The van der Waals surface area contributed by atoms with Gasteiger partial charge in [-0.2, -0.15) is 5.26 Å². The Kier molecular flexibility index (Phi) is 3.20. The van der Waals surface area contributed by atoms with Crippen molar-refractivity contribution in [3.8, 4) is 17.6 Å². The number of nitrogens with one attached hydrogen (secondary N) is 1. The number of nitrogens with zero attached hydrogens (tertiary/aromatic N) is 1. The Balaban J connectivity index is 1.68. The summed E-state index contributed by atoms with van der Waals surface area (Å²) in [5.74, 6) is 1.60. The topological polar surface area (TPSA) is 54.3 Å². The third-order valence-corrected chi connectivity index (χ3v) is 3.93. The molecule has 0 unspecified atom stereocenters. The lowest BCUT2D eigenvalue weighted by Crippen LogP contribution is -2.35. The van der Waals surface area contributed by atoms with Gasteiger partial charge in [0.05, 0.1) is 24.7 Å². The Bertz CT molecular complexity index is 503. The first kappa shape index (κ1) is 12.2. The maximum atomic E-state index is 9.21. The van der Waals surface area contributed by atoms with E-state index < -0.39 is 0 Å². The van der Waals surface area contributed by atoms with Gasteiger partial charge in [-0.05, 0) is 25.0 Å². The highest BCUT2D eigenvalue weighted by Gasteiger charge is 2.36. The van der Waals surface area contributed by atoms with Crippen LogP contribution in [0.5, 0.6) is 11.5 Å². The summed E-state index contributed by atoms with van der Waals surface area (Å²) in [6.07, 6.45) is 4.08. The van der Waals surface area contributed by atoms with Crippen molar-refractivity contribution in [2.75, 3.05) is 25.1 Å². The summed E-state index contributed by atoms with van der Waals surface area (Å²) in [6.45, 7) is 2.11. The molecule has 0 spiro atoms. The maximum Gasteiger partial charge on any atom is 0.163 e. The van der Waals surface area contributed by atoms with Crippen LogP contribution in [0.25, 0.3) is 0 Å². The quantitative estimate of drug-likeness (QED) is 0.905. The SMILES string of the molecule is N#CC1(CNc2ccc3c(c2)OCCCO3)CCC1. The highest BCUT2D eigenvalue weighted by Crippen LogP contribution is 2.40. The van der Waals surface area contributed by atoms with Crippen molar-refractivity contribution in [1.82, 2.24) is 0 Å². The summed E-state index contributed by atoms with van der Waals surface area (Å²) >= 11 is 0. The molecule has 2 aliphatic rings. The molecule has 1 heterocycles. The predicted octanol–water partition coefficient (Wildman–Crippen LogP) is 2.95. The summed E-state index contributed by atoms with van der Waals surface area (Å²) in [5.41, 5.74) is 0.829. The number of ether oxygens (including phenoxy) is 2. The summed E-state index contributed by atoms with van der Waals surface area (Å²) in [5, 5.41) is 12.6. The van der Waals surface area contributed by atoms with Gasteiger partial charge in [-0.1, -0.05) is 6.42 Å². The molecule has 100 valence electrons. The number of hydrogen-bond acceptors (Lipinski definition) is 4. The summed E-state index contributed by atoms with van der Waals surface area (Å²) in [6, 6.07) is 8.32. The fraction of sp³-hybridized carbons (Fsp3) is 0.533. The highest BCUT2D eigenvalue weighted by atomic mass is 16.5. The van der Waals surface area contributed by atoms with E-state index in [1.54, 1.807) is 0 Å². The molecule has 1 aromatic rings. The van der Waals surface area contributed by atoms with Crippen molar-refractivity contribution in [2.45, 2.75) is 25.7 Å². The molecule has 1 aliphatic carbocycles. The van der Waals surface area contributed by atoms with E-state index in [4.69, 9.17) is 9.47 Å². The molecule has 0 saturated heterocycles. The number of benzene rings is 1. The molecule has 1 aliphatic heterocycles. The molecule has 0 radical (unpaired) electrons. The largest absolute Gasteiger partial charge is 0.490 e. The van der Waals surface area contributed by atoms with Crippen LogP contribution in [0.1, 0.15) is 25.7 Å². The second-order valence-electron chi connectivity index (χ2n) is 5.31. The van der Waals surface area contributed by atoms with Gasteiger partial charge >= 0.3 is 0 Å². The van der Waals surface area contributed by atoms with Crippen LogP contribution < -0.4 is 14.8 Å². The van der Waals surface area contributed by atoms with E-state index in [-0.39, 0.29) is 5.41 Å². The Morgan fingerprint density at radius 3 is 2.63 bits per heavy atom. The van der Waals surface area contributed by atoms with Gasteiger partial charge in [0.25, 0.3) is 0 Å². The Labute approximate surface area is 113 Å². The van der Waals surface area contributed by atoms with Crippen molar-refractivity contribution in [3.63, 3.8) is 0 Å². The molecule has 0 atom stereocenters. The van der Waals surface area contributed by atoms with Crippen molar-refractivity contribution in [2.24, 2.45) is 5.41 Å². The normalized spacial score (nSPS) is 19.7. The molecule has 0 aromatic heterocycles. The zero-order chi connectivity index (χ0) is 13.1. The summed E-state index contributed by atoms with van der Waals surface area (Å²) in [4.78, 5) is 0. The van der Waals surface area contributed by atoms with Crippen molar-refractivity contribution in [1.29, 1.82) is 5.26 Å². The Morgan fingerprint density at radius 1 is 1.16 bits per heavy atom. The van der Waals surface area contributed by atoms with Crippen LogP contribution in [0, 0.1) is 16.7 Å². The molecule has 1 saturated carbocycles. The first-order valence-electron chi connectivity index (χ1n) is 6.86. The second kappa shape index (κ2) is 5.00. The second-order valence-corrected chi connectivity index (χ2v) is 5.31. The maximum absolute atomic E-state index is 9.21. The van der Waals surface area contributed by atoms with Crippen LogP contribution in [0.4, 0.5) is 5.69 Å². The number of anilines is 1. The average molecular weight is 258 g/mol. The minimum atomic E-state index is -0.163. The van der Waals surface area contributed by atoms with Gasteiger partial charge in [0, 0.05) is 24.7 Å². The minimum Gasteiger partial charge on any atom is -0.490 e. The molecular weight excluding hydrogens is 240 g/mol. The lowest BCUT2D eigenvalue weighted by atomic mass is 9.70. The Morgan fingerprint density at radius 2 is 1.95 bits per heavy atom. The molecule has 19 heavy (non-hydrogen) atoms. The van der Waals surface area contributed by atoms with Crippen molar-refractivity contribution < 1.29 is 9.47 Å². The third-order valence-electron chi connectivity index (χ3n) is 3.93. The van der Waals surface area contributed by atoms with Gasteiger partial charge in [0.15, 0.2) is 11.5 Å². The minimum absolute atomic E-state index is 0.163. The number of rotatable bonds is 3. The number of fused-ring (bicyclic) bond motifs is 1. The monoisotopic (exact) mass is 258 g/mol. The van der Waals surface area contributed by atoms with Crippen LogP contribution in [0.3, 0.4) is 0 Å². The molecular formula is C15H18N2O2. The zero-order valence-corrected chi connectivity index (χ0v) is 10.9. The molecule has 1 N–H and O–H groups in total. The number of hydrogen-bond donors (Lipinski definition) is 1. The lowest BCUT2D eigenvalue weighted by molar-refractivity contribution is 0.233. The number of nitriles is 1. The summed E-state index contributed by atoms with van der Waals surface area (Å²) in [7, 11) is 0. The fourth-order valence-electron chi connectivity index (χ4n) is 2.48. The van der Waals surface area contributed by atoms with E-state index in [1.807, 2.05) is 18.2 Å². The van der Waals surface area contributed by atoms with Crippen molar-refractivity contribution >= 4 is 5.69 Å². The van der Waals surface area contributed by atoms with E-state index in [0.717, 1.165) is 42.9 Å². The van der Waals surface area contributed by atoms with Crippen molar-refractivity contribution in [3.05, 3.63) is 18.2 Å². The van der Waals surface area contributed by atoms with Crippen LogP contribution >= 0.6 is 0 Å². The Hall–Kier alpha value is -1.89. The van der Waals surface area contributed by atoms with Gasteiger partial charge in [-0.15, -0.1) is 0 Å². The smallest absolute Gasteiger partial charge is 0.163 e. The van der Waals surface area contributed by atoms with E-state index in [0.29, 0.717) is 19.8 Å². The first-order valence-corrected chi connectivity index (χ1v) is 6.86. The molecule has 1 fully saturated rings. The molecule has 0 amide bonds. The van der Waals surface area contributed by atoms with Crippen LogP contribution in [0.15, 0.2) is 18.2 Å². The van der Waals surface area contributed by atoms with Crippen LogP contribution in [-0.4, -0.2) is 19.8 Å². The van der Waals surface area contributed by atoms with E-state index in [1.165, 1.54) is 0 Å². The third kappa shape index (κ3) is 2.46. The van der Waals surface area contributed by atoms with Crippen LogP contribution in [0.2, 0.25) is 0 Å². The van der Waals surface area contributed by atoms with E-state index in [9.17, 15) is 5.26 Å². The lowest BCUT2D eigenvalue weighted by Gasteiger charge is -2.35. The first-order chi connectivity index (χ1) is 9.31. The van der Waals surface area contributed by atoms with Gasteiger partial charge in [0.2, 0.25) is 0 Å². The van der Waals surface area contributed by atoms with E-state index in [2.05, 4.69) is 11.4 Å². The standard InChI is InChI=1S/C15H18N2O2/c16-10-15(5-1-6-15)11-17-12-3-4-13-14(9-12)19-8-2-7-18-13/h3-4,9,17H,1-2,5-8,11H2.